The number of rotatable bonds is 5. The molecule has 0 aliphatic carbocycles. The average molecular weight is 404 g/mol. The van der Waals surface area contributed by atoms with Crippen molar-refractivity contribution in [3.8, 4) is 5.75 Å². The smallest absolute Gasteiger partial charge is 0.281 e. The van der Waals surface area contributed by atoms with Gasteiger partial charge < -0.3 is 14.6 Å². The van der Waals surface area contributed by atoms with Gasteiger partial charge in [0.05, 0.1) is 12.8 Å². The fourth-order valence-corrected chi connectivity index (χ4v) is 3.95. The first-order valence-electron chi connectivity index (χ1n) is 9.25. The zero-order chi connectivity index (χ0) is 20.5. The average Bonchev–Trinajstić information content (AvgIpc) is 3.16. The summed E-state index contributed by atoms with van der Waals surface area (Å²) >= 11 is 5.43. The maximum atomic E-state index is 13.1. The Morgan fingerprint density at radius 3 is 2.59 bits per heavy atom. The summed E-state index contributed by atoms with van der Waals surface area (Å²) in [6.07, 6.45) is 3.76. The number of amides is 1. The minimum Gasteiger partial charge on any atom is -0.497 e. The third-order valence-corrected chi connectivity index (χ3v) is 5.37. The second-order valence-electron chi connectivity index (χ2n) is 6.74. The quantitative estimate of drug-likeness (QED) is 0.390. The van der Waals surface area contributed by atoms with Gasteiger partial charge in [0.2, 0.25) is 0 Å². The van der Waals surface area contributed by atoms with Gasteiger partial charge in [-0.15, -0.1) is 6.58 Å². The van der Waals surface area contributed by atoms with E-state index in [9.17, 15) is 4.79 Å². The van der Waals surface area contributed by atoms with Gasteiger partial charge in [0.1, 0.15) is 11.4 Å². The van der Waals surface area contributed by atoms with Gasteiger partial charge in [-0.1, -0.05) is 24.3 Å². The Kier molecular flexibility index (Phi) is 4.94. The van der Waals surface area contributed by atoms with E-state index >= 15 is 0 Å². The monoisotopic (exact) mass is 403 g/mol. The number of methoxy groups -OCH3 is 1. The first kappa shape index (κ1) is 19.0. The number of nitrogens with one attached hydrogen (secondary N) is 1. The van der Waals surface area contributed by atoms with Gasteiger partial charge in [0, 0.05) is 28.7 Å². The van der Waals surface area contributed by atoms with Crippen molar-refractivity contribution in [3.05, 3.63) is 78.1 Å². The summed E-state index contributed by atoms with van der Waals surface area (Å²) in [4.78, 5) is 14.6. The molecule has 5 nitrogen and oxygen atoms in total. The number of allylic oxidation sites excluding steroid dienone is 1. The summed E-state index contributed by atoms with van der Waals surface area (Å²) in [6.45, 7) is 6.61. The Morgan fingerprint density at radius 1 is 1.17 bits per heavy atom. The molecule has 1 aliphatic rings. The molecule has 2 aromatic carbocycles. The molecule has 3 aromatic rings. The van der Waals surface area contributed by atoms with Crippen LogP contribution in [0.2, 0.25) is 0 Å². The van der Waals surface area contributed by atoms with Crippen molar-refractivity contribution in [1.82, 2.24) is 9.88 Å². The van der Waals surface area contributed by atoms with Crippen LogP contribution in [-0.4, -0.2) is 22.7 Å². The van der Waals surface area contributed by atoms with E-state index in [1.807, 2.05) is 36.4 Å². The number of carbonyl (C=O) groups is 1. The van der Waals surface area contributed by atoms with E-state index in [2.05, 4.69) is 35.5 Å². The minimum atomic E-state index is -0.180. The van der Waals surface area contributed by atoms with Crippen LogP contribution in [0.4, 0.5) is 5.69 Å². The highest BCUT2D eigenvalue weighted by Gasteiger charge is 2.32. The van der Waals surface area contributed by atoms with E-state index in [1.165, 1.54) is 4.90 Å². The molecule has 29 heavy (non-hydrogen) atoms. The van der Waals surface area contributed by atoms with Crippen molar-refractivity contribution in [2.24, 2.45) is 0 Å². The molecule has 0 atom stereocenters. The van der Waals surface area contributed by atoms with Gasteiger partial charge >= 0.3 is 0 Å². The van der Waals surface area contributed by atoms with Crippen molar-refractivity contribution < 1.29 is 9.53 Å². The van der Waals surface area contributed by atoms with Crippen LogP contribution in [0.5, 0.6) is 5.75 Å². The molecule has 4 rings (SSSR count). The topological polar surface area (TPSA) is 46.5 Å². The maximum Gasteiger partial charge on any atom is 0.281 e. The van der Waals surface area contributed by atoms with Crippen LogP contribution in [0.1, 0.15) is 11.3 Å². The van der Waals surface area contributed by atoms with Crippen molar-refractivity contribution in [2.45, 2.75) is 13.5 Å². The number of ether oxygens (including phenoxy) is 1. The lowest BCUT2D eigenvalue weighted by Gasteiger charge is -2.14. The number of aromatic nitrogens is 1. The lowest BCUT2D eigenvalue weighted by atomic mass is 10.1. The van der Waals surface area contributed by atoms with Crippen LogP contribution < -0.4 is 15.0 Å². The number of hydrogen-bond donors (Lipinski definition) is 1. The van der Waals surface area contributed by atoms with E-state index in [4.69, 9.17) is 17.0 Å². The molecular weight excluding hydrogens is 382 g/mol. The van der Waals surface area contributed by atoms with Gasteiger partial charge in [0.25, 0.3) is 5.91 Å². The largest absolute Gasteiger partial charge is 0.497 e. The summed E-state index contributed by atoms with van der Waals surface area (Å²) in [7, 11) is 1.61. The molecule has 0 unspecified atom stereocenters. The fourth-order valence-electron chi connectivity index (χ4n) is 3.65. The fraction of sp³-hybridized carbons (Fsp3) is 0.130. The number of benzene rings is 2. The van der Waals surface area contributed by atoms with Crippen molar-refractivity contribution in [2.75, 3.05) is 12.0 Å². The summed E-state index contributed by atoms with van der Waals surface area (Å²) in [5, 5.41) is 4.52. The second-order valence-corrected chi connectivity index (χ2v) is 7.13. The molecule has 0 spiro atoms. The van der Waals surface area contributed by atoms with E-state index in [0.29, 0.717) is 23.0 Å². The highest BCUT2D eigenvalue weighted by molar-refractivity contribution is 7.80. The molecule has 146 valence electrons. The second kappa shape index (κ2) is 7.56. The standard InChI is InChI=1S/C23H21N3O2S/c1-4-13-25-15(2)19(18-7-5-6-8-21(18)25)14-20-22(27)26(23(29)24-20)16-9-11-17(28-3)12-10-16/h4-12,14H,1,13H2,2-3H3,(H,24,29)/b20-14+. The predicted octanol–water partition coefficient (Wildman–Crippen LogP) is 4.41. The summed E-state index contributed by atoms with van der Waals surface area (Å²) in [5.41, 5.74) is 4.33. The first-order chi connectivity index (χ1) is 14.0. The van der Waals surface area contributed by atoms with Crippen molar-refractivity contribution in [3.63, 3.8) is 0 Å². The lowest BCUT2D eigenvalue weighted by molar-refractivity contribution is -0.113. The van der Waals surface area contributed by atoms with Gasteiger partial charge in [0.15, 0.2) is 5.11 Å². The number of anilines is 1. The molecule has 1 saturated heterocycles. The van der Waals surface area contributed by atoms with E-state index in [0.717, 1.165) is 27.9 Å². The highest BCUT2D eigenvalue weighted by Crippen LogP contribution is 2.30. The van der Waals surface area contributed by atoms with Crippen LogP contribution in [0.3, 0.4) is 0 Å². The Balaban J connectivity index is 1.76. The Hall–Kier alpha value is -3.38. The molecule has 0 saturated carbocycles. The van der Waals surface area contributed by atoms with Crippen LogP contribution in [-0.2, 0) is 11.3 Å². The van der Waals surface area contributed by atoms with Crippen LogP contribution in [0, 0.1) is 6.92 Å². The molecule has 0 bridgehead atoms. The van der Waals surface area contributed by atoms with Gasteiger partial charge in [-0.3, -0.25) is 9.69 Å². The molecule has 1 fully saturated rings. The van der Waals surface area contributed by atoms with Crippen LogP contribution in [0.25, 0.3) is 17.0 Å². The molecule has 2 heterocycles. The summed E-state index contributed by atoms with van der Waals surface area (Å²) in [5.74, 6) is 0.542. The molecule has 0 radical (unpaired) electrons. The Bertz CT molecular complexity index is 1160. The highest BCUT2D eigenvalue weighted by atomic mass is 32.1. The predicted molar refractivity (Wildman–Crippen MR) is 121 cm³/mol. The summed E-state index contributed by atoms with van der Waals surface area (Å²) < 4.78 is 7.38. The van der Waals surface area contributed by atoms with E-state index in [1.54, 1.807) is 19.2 Å². The summed E-state index contributed by atoms with van der Waals surface area (Å²) in [6, 6.07) is 15.4. The number of thiocarbonyl (C=S) groups is 1. The van der Waals surface area contributed by atoms with Crippen LogP contribution in [0.15, 0.2) is 66.9 Å². The van der Waals surface area contributed by atoms with Crippen molar-refractivity contribution >= 4 is 45.9 Å². The molecule has 1 aromatic heterocycles. The Morgan fingerprint density at radius 2 is 1.90 bits per heavy atom. The third kappa shape index (κ3) is 3.21. The Labute approximate surface area is 174 Å². The lowest BCUT2D eigenvalue weighted by Crippen LogP contribution is -2.30. The minimum absolute atomic E-state index is 0.180. The molecular formula is C23H21N3O2S. The molecule has 1 N–H and O–H groups in total. The number of carbonyl (C=O) groups excluding carboxylic acids is 1. The molecule has 1 amide bonds. The molecule has 6 heteroatoms. The van der Waals surface area contributed by atoms with Crippen LogP contribution >= 0.6 is 12.2 Å². The van der Waals surface area contributed by atoms with E-state index < -0.39 is 0 Å². The zero-order valence-electron chi connectivity index (χ0n) is 16.3. The number of para-hydroxylation sites is 1. The first-order valence-corrected chi connectivity index (χ1v) is 9.66. The number of nitrogens with zero attached hydrogens (tertiary/aromatic N) is 2. The number of fused-ring (bicyclic) bond motifs is 1. The van der Waals surface area contributed by atoms with Gasteiger partial charge in [-0.2, -0.15) is 0 Å². The zero-order valence-corrected chi connectivity index (χ0v) is 17.1. The van der Waals surface area contributed by atoms with Gasteiger partial charge in [-0.05, 0) is 55.5 Å². The maximum absolute atomic E-state index is 13.1. The normalized spacial score (nSPS) is 15.2. The molecule has 1 aliphatic heterocycles. The number of hydrogen-bond acceptors (Lipinski definition) is 3. The third-order valence-electron chi connectivity index (χ3n) is 5.09. The van der Waals surface area contributed by atoms with Crippen molar-refractivity contribution in [1.29, 1.82) is 0 Å². The van der Waals surface area contributed by atoms with Gasteiger partial charge in [-0.25, -0.2) is 0 Å². The van der Waals surface area contributed by atoms with E-state index in [-0.39, 0.29) is 5.91 Å². The SMILES string of the molecule is C=CCn1c(C)c(/C=C2/NC(=S)N(c3ccc(OC)cc3)C2=O)c2ccccc21.